The number of carbonyl (C=O) groups is 1. The van der Waals surface area contributed by atoms with Gasteiger partial charge in [-0.3, -0.25) is 9.52 Å². The molecule has 3 aromatic rings. The molecule has 32 heavy (non-hydrogen) atoms. The molecule has 1 saturated heterocycles. The van der Waals surface area contributed by atoms with Crippen LogP contribution in [-0.2, 0) is 21.2 Å². The van der Waals surface area contributed by atoms with E-state index < -0.39 is 27.7 Å². The van der Waals surface area contributed by atoms with Crippen LogP contribution in [0.4, 0.5) is 25.3 Å². The minimum atomic E-state index is -3.78. The van der Waals surface area contributed by atoms with Crippen LogP contribution >= 0.6 is 11.3 Å². The molecule has 1 N–H and O–H groups in total. The summed E-state index contributed by atoms with van der Waals surface area (Å²) in [5.74, 6) is -1.97. The number of nitrogens with one attached hydrogen (secondary N) is 1. The Bertz CT molecular complexity index is 1290. The highest BCUT2D eigenvalue weighted by Crippen LogP contribution is 2.35. The van der Waals surface area contributed by atoms with Crippen LogP contribution in [-0.4, -0.2) is 38.4 Å². The second-order valence-corrected chi connectivity index (χ2v) is 10.1. The number of halogens is 2. The number of sulfonamides is 1. The van der Waals surface area contributed by atoms with Crippen LogP contribution in [0.1, 0.15) is 14.8 Å². The van der Waals surface area contributed by atoms with Crippen molar-refractivity contribution in [3.8, 4) is 0 Å². The zero-order chi connectivity index (χ0) is 22.5. The maximum Gasteiger partial charge on any atom is 0.263 e. The lowest BCUT2D eigenvalue weighted by atomic mass is 10.1. The summed E-state index contributed by atoms with van der Waals surface area (Å²) in [5, 5.41) is 1.94. The molecule has 0 aliphatic carbocycles. The molecule has 7 nitrogen and oxygen atoms in total. The minimum absolute atomic E-state index is 0. The van der Waals surface area contributed by atoms with E-state index in [9.17, 15) is 22.0 Å². The molecule has 0 unspecified atom stereocenters. The van der Waals surface area contributed by atoms with E-state index in [1.54, 1.807) is 22.4 Å². The number of rotatable bonds is 5. The van der Waals surface area contributed by atoms with Gasteiger partial charge in [0, 0.05) is 45.0 Å². The highest BCUT2D eigenvalue weighted by atomic mass is 32.2. The number of nitrogens with zero attached hydrogens (tertiary/aromatic N) is 3. The molecule has 0 radical (unpaired) electrons. The second-order valence-electron chi connectivity index (χ2n) is 7.57. The fourth-order valence-corrected chi connectivity index (χ4v) is 5.98. The molecular weight excluding hydrogens is 458 g/mol. The Morgan fingerprint density at radius 2 is 1.88 bits per heavy atom. The number of carbonyl (C=O) groups excluding carboxylic acids is 1. The summed E-state index contributed by atoms with van der Waals surface area (Å²) in [6, 6.07) is 7.93. The number of aromatic nitrogens is 1. The molecular formula is C21H22F2N4O3S2. The molecule has 0 spiro atoms. The normalized spacial score (nSPS) is 18.3. The quantitative estimate of drug-likeness (QED) is 0.599. The highest BCUT2D eigenvalue weighted by molar-refractivity contribution is 7.93. The van der Waals surface area contributed by atoms with Crippen molar-refractivity contribution in [2.45, 2.75) is 23.8 Å². The predicted octanol–water partition coefficient (Wildman–Crippen LogP) is 3.88. The SMILES string of the molecule is O=C1[C@@H](N2CCc3cc(F)c(F)cc32)CCN1c1ccc(S(=O)(=O)Nc2nccs2)cc1.[HH].[HH]. The Labute approximate surface area is 190 Å². The third-order valence-corrected chi connectivity index (χ3v) is 7.89. The van der Waals surface area contributed by atoms with Gasteiger partial charge >= 0.3 is 0 Å². The number of hydrogen-bond donors (Lipinski definition) is 1. The number of thiazole rings is 1. The van der Waals surface area contributed by atoms with Gasteiger partial charge in [0.05, 0.1) is 4.90 Å². The summed E-state index contributed by atoms with van der Waals surface area (Å²) in [7, 11) is -3.78. The summed E-state index contributed by atoms with van der Waals surface area (Å²) in [5.41, 5.74) is 1.83. The molecule has 170 valence electrons. The smallest absolute Gasteiger partial charge is 0.263 e. The van der Waals surface area contributed by atoms with Crippen molar-refractivity contribution >= 4 is 43.8 Å². The fraction of sp³-hybridized carbons (Fsp3) is 0.238. The maximum atomic E-state index is 13.8. The first-order valence-corrected chi connectivity index (χ1v) is 12.3. The molecule has 0 bridgehead atoms. The predicted molar refractivity (Wildman–Crippen MR) is 122 cm³/mol. The Morgan fingerprint density at radius 3 is 2.59 bits per heavy atom. The molecule has 11 heteroatoms. The van der Waals surface area contributed by atoms with Crippen LogP contribution in [0.15, 0.2) is 52.9 Å². The van der Waals surface area contributed by atoms with Crippen LogP contribution in [0.2, 0.25) is 0 Å². The third kappa shape index (κ3) is 3.61. The van der Waals surface area contributed by atoms with E-state index >= 15 is 0 Å². The molecule has 0 saturated carbocycles. The maximum absolute atomic E-state index is 13.8. The van der Waals surface area contributed by atoms with Crippen LogP contribution in [0.3, 0.4) is 0 Å². The van der Waals surface area contributed by atoms with Gasteiger partial charge in [-0.2, -0.15) is 0 Å². The Balaban J connectivity index is 0.00000162. The van der Waals surface area contributed by atoms with Crippen molar-refractivity contribution in [3.05, 3.63) is 65.2 Å². The lowest BCUT2D eigenvalue weighted by Gasteiger charge is -2.26. The number of amides is 1. The van der Waals surface area contributed by atoms with Gasteiger partial charge in [-0.15, -0.1) is 11.3 Å². The number of benzene rings is 2. The van der Waals surface area contributed by atoms with Gasteiger partial charge in [-0.25, -0.2) is 22.2 Å². The second kappa shape index (κ2) is 7.82. The van der Waals surface area contributed by atoms with Crippen molar-refractivity contribution in [1.29, 1.82) is 0 Å². The molecule has 1 amide bonds. The van der Waals surface area contributed by atoms with Gasteiger partial charge in [-0.05, 0) is 48.7 Å². The highest BCUT2D eigenvalue weighted by Gasteiger charge is 2.39. The first-order valence-electron chi connectivity index (χ1n) is 9.92. The van der Waals surface area contributed by atoms with Gasteiger partial charge in [0.25, 0.3) is 10.0 Å². The zero-order valence-electron chi connectivity index (χ0n) is 16.7. The van der Waals surface area contributed by atoms with Crippen LogP contribution in [0, 0.1) is 11.6 Å². The van der Waals surface area contributed by atoms with E-state index in [0.29, 0.717) is 42.9 Å². The van der Waals surface area contributed by atoms with Gasteiger partial charge < -0.3 is 9.80 Å². The van der Waals surface area contributed by atoms with E-state index in [0.717, 1.165) is 6.07 Å². The molecule has 1 fully saturated rings. The zero-order valence-corrected chi connectivity index (χ0v) is 18.3. The number of anilines is 3. The largest absolute Gasteiger partial charge is 0.359 e. The Morgan fingerprint density at radius 1 is 1.12 bits per heavy atom. The third-order valence-electron chi connectivity index (χ3n) is 5.72. The van der Waals surface area contributed by atoms with E-state index in [2.05, 4.69) is 9.71 Å². The fourth-order valence-electron chi connectivity index (χ4n) is 4.19. The van der Waals surface area contributed by atoms with Crippen LogP contribution in [0.5, 0.6) is 0 Å². The summed E-state index contributed by atoms with van der Waals surface area (Å²) >= 11 is 1.17. The van der Waals surface area contributed by atoms with Gasteiger partial charge in [0.2, 0.25) is 5.91 Å². The van der Waals surface area contributed by atoms with Gasteiger partial charge in [-0.1, -0.05) is 0 Å². The summed E-state index contributed by atoms with van der Waals surface area (Å²) in [4.78, 5) is 20.5. The molecule has 2 aliphatic rings. The van der Waals surface area contributed by atoms with Crippen LogP contribution in [0.25, 0.3) is 0 Å². The van der Waals surface area contributed by atoms with E-state index in [-0.39, 0.29) is 18.8 Å². The van der Waals surface area contributed by atoms with E-state index in [1.807, 2.05) is 4.90 Å². The van der Waals surface area contributed by atoms with Crippen LogP contribution < -0.4 is 14.5 Å². The Hall–Kier alpha value is -3.05. The number of hydrogen-bond acceptors (Lipinski definition) is 6. The molecule has 1 atom stereocenters. The summed E-state index contributed by atoms with van der Waals surface area (Å²) < 4.78 is 54.7. The van der Waals surface area contributed by atoms with Crippen molar-refractivity contribution in [2.24, 2.45) is 0 Å². The van der Waals surface area contributed by atoms with Crippen molar-refractivity contribution in [1.82, 2.24) is 4.98 Å². The molecule has 2 aromatic carbocycles. The van der Waals surface area contributed by atoms with Crippen molar-refractivity contribution in [2.75, 3.05) is 27.6 Å². The van der Waals surface area contributed by atoms with Gasteiger partial charge in [0.1, 0.15) is 6.04 Å². The molecule has 5 rings (SSSR count). The summed E-state index contributed by atoms with van der Waals surface area (Å²) in [6.07, 6.45) is 2.59. The standard InChI is InChI=1S/C21H18F2N4O3S2.2H2/c22-16-11-13-5-8-27(19(13)12-17(16)23)18-6-9-26(20(18)28)14-1-3-15(4-2-14)32(29,30)25-21-24-7-10-31-21;;/h1-4,7,10-12,18H,5-6,8-9H2,(H,24,25);2*1H/t18-;;/m0../s1. The average Bonchev–Trinajstić information content (AvgIpc) is 3.49. The topological polar surface area (TPSA) is 82.6 Å². The summed E-state index contributed by atoms with van der Waals surface area (Å²) in [6.45, 7) is 0.963. The van der Waals surface area contributed by atoms with Crippen molar-refractivity contribution in [3.63, 3.8) is 0 Å². The first kappa shape index (κ1) is 20.8. The number of fused-ring (bicyclic) bond motifs is 1. The Kier molecular flexibility index (Phi) is 5.09. The monoisotopic (exact) mass is 480 g/mol. The lowest BCUT2D eigenvalue weighted by Crippen LogP contribution is -2.41. The average molecular weight is 481 g/mol. The molecule has 1 aromatic heterocycles. The molecule has 2 aliphatic heterocycles. The van der Waals surface area contributed by atoms with E-state index in [4.69, 9.17) is 0 Å². The molecule has 3 heterocycles. The van der Waals surface area contributed by atoms with Gasteiger partial charge in [0.15, 0.2) is 16.8 Å². The van der Waals surface area contributed by atoms with Crippen molar-refractivity contribution < 1.29 is 24.8 Å². The minimum Gasteiger partial charge on any atom is -0.359 e. The first-order chi connectivity index (χ1) is 15.3. The van der Waals surface area contributed by atoms with E-state index in [1.165, 1.54) is 35.7 Å². The lowest BCUT2D eigenvalue weighted by molar-refractivity contribution is -0.118.